The van der Waals surface area contributed by atoms with Crippen molar-refractivity contribution in [2.45, 2.75) is 23.1 Å². The van der Waals surface area contributed by atoms with Crippen molar-refractivity contribution in [1.29, 1.82) is 0 Å². The summed E-state index contributed by atoms with van der Waals surface area (Å²) in [6.45, 7) is 2.18. The third-order valence-electron chi connectivity index (χ3n) is 3.11. The third-order valence-corrected chi connectivity index (χ3v) is 6.38. The summed E-state index contributed by atoms with van der Waals surface area (Å²) in [4.78, 5) is -0.0407. The number of nitrogens with one attached hydrogen (secondary N) is 2. The fourth-order valence-electron chi connectivity index (χ4n) is 1.92. The molecule has 0 saturated heterocycles. The van der Waals surface area contributed by atoms with Crippen molar-refractivity contribution >= 4 is 48.9 Å². The molecule has 136 valence electrons. The molecule has 0 radical (unpaired) electrons. The van der Waals surface area contributed by atoms with Gasteiger partial charge in [-0.05, 0) is 48.9 Å². The Balaban J connectivity index is 2.23. The van der Waals surface area contributed by atoms with Crippen LogP contribution < -0.4 is 9.44 Å². The molecule has 0 saturated carbocycles. The Labute approximate surface area is 157 Å². The molecule has 2 N–H and O–H groups in total. The highest BCUT2D eigenvalue weighted by molar-refractivity contribution is 7.92. The molecule has 0 aromatic heterocycles. The van der Waals surface area contributed by atoms with Crippen molar-refractivity contribution in [2.75, 3.05) is 11.3 Å². The smallest absolute Gasteiger partial charge is 0.261 e. The lowest BCUT2D eigenvalue weighted by molar-refractivity contribution is 0.581. The zero-order valence-electron chi connectivity index (χ0n) is 13.2. The average molecular weight is 423 g/mol. The van der Waals surface area contributed by atoms with Gasteiger partial charge in [0.2, 0.25) is 10.0 Å². The number of benzene rings is 2. The lowest BCUT2D eigenvalue weighted by Crippen LogP contribution is -2.24. The standard InChI is InChI=1S/C15H16Cl2N2O4S2/c1-2-7-18-24(20,21)14-5-3-13(4-6-14)19-25(22,23)15-9-11(16)8-12(17)10-15/h3-6,8-10,18-19H,2,7H2,1H3. The van der Waals surface area contributed by atoms with Crippen LogP contribution in [-0.4, -0.2) is 23.4 Å². The maximum atomic E-state index is 12.4. The van der Waals surface area contributed by atoms with Gasteiger partial charge in [0.15, 0.2) is 0 Å². The molecule has 2 rings (SSSR count). The van der Waals surface area contributed by atoms with Crippen LogP contribution >= 0.6 is 23.2 Å². The van der Waals surface area contributed by atoms with Crippen molar-refractivity contribution in [3.63, 3.8) is 0 Å². The van der Waals surface area contributed by atoms with Gasteiger partial charge in [-0.15, -0.1) is 0 Å². The predicted octanol–water partition coefficient (Wildman–Crippen LogP) is 3.48. The van der Waals surface area contributed by atoms with Gasteiger partial charge in [-0.2, -0.15) is 0 Å². The molecule has 0 atom stereocenters. The lowest BCUT2D eigenvalue weighted by Gasteiger charge is -2.10. The number of halogens is 2. The van der Waals surface area contributed by atoms with Crippen LogP contribution in [0.5, 0.6) is 0 Å². The minimum absolute atomic E-state index is 0.0506. The van der Waals surface area contributed by atoms with Gasteiger partial charge < -0.3 is 0 Å². The quantitative estimate of drug-likeness (QED) is 0.713. The molecule has 0 aliphatic carbocycles. The van der Waals surface area contributed by atoms with E-state index >= 15 is 0 Å². The van der Waals surface area contributed by atoms with Gasteiger partial charge in [0, 0.05) is 22.3 Å². The molecule has 0 unspecified atom stereocenters. The van der Waals surface area contributed by atoms with Gasteiger partial charge in [-0.25, -0.2) is 21.6 Å². The highest BCUT2D eigenvalue weighted by Gasteiger charge is 2.17. The number of hydrogen-bond donors (Lipinski definition) is 2. The van der Waals surface area contributed by atoms with Crippen LogP contribution in [-0.2, 0) is 20.0 Å². The Bertz CT molecular complexity index is 939. The van der Waals surface area contributed by atoms with Gasteiger partial charge in [0.1, 0.15) is 0 Å². The van der Waals surface area contributed by atoms with E-state index in [0.717, 1.165) is 0 Å². The maximum Gasteiger partial charge on any atom is 0.261 e. The summed E-state index contributed by atoms with van der Waals surface area (Å²) in [5.74, 6) is 0. The largest absolute Gasteiger partial charge is 0.280 e. The molecule has 10 heteroatoms. The summed E-state index contributed by atoms with van der Waals surface area (Å²) >= 11 is 11.6. The minimum atomic E-state index is -3.90. The van der Waals surface area contributed by atoms with E-state index in [-0.39, 0.29) is 25.5 Å². The van der Waals surface area contributed by atoms with Crippen molar-refractivity contribution in [3.05, 3.63) is 52.5 Å². The van der Waals surface area contributed by atoms with Crippen LogP contribution in [0.4, 0.5) is 5.69 Å². The van der Waals surface area contributed by atoms with Crippen LogP contribution in [0.25, 0.3) is 0 Å². The first kappa shape index (κ1) is 20.0. The molecule has 0 amide bonds. The molecule has 6 nitrogen and oxygen atoms in total. The molecular formula is C15H16Cl2N2O4S2. The van der Waals surface area contributed by atoms with E-state index in [1.807, 2.05) is 6.92 Å². The fraction of sp³-hybridized carbons (Fsp3) is 0.200. The summed E-state index contributed by atoms with van der Waals surface area (Å²) < 4.78 is 53.5. The van der Waals surface area contributed by atoms with Gasteiger partial charge in [0.25, 0.3) is 10.0 Å². The van der Waals surface area contributed by atoms with E-state index < -0.39 is 20.0 Å². The molecule has 25 heavy (non-hydrogen) atoms. The number of sulfonamides is 2. The molecule has 0 fully saturated rings. The first-order chi connectivity index (χ1) is 11.6. The number of hydrogen-bond acceptors (Lipinski definition) is 4. The van der Waals surface area contributed by atoms with Crippen molar-refractivity contribution in [1.82, 2.24) is 4.72 Å². The SMILES string of the molecule is CCCNS(=O)(=O)c1ccc(NS(=O)(=O)c2cc(Cl)cc(Cl)c2)cc1. The summed E-state index contributed by atoms with van der Waals surface area (Å²) in [5, 5.41) is 0.382. The van der Waals surface area contributed by atoms with E-state index in [1.165, 1.54) is 42.5 Å². The predicted molar refractivity (Wildman–Crippen MR) is 99.2 cm³/mol. The van der Waals surface area contributed by atoms with Crippen LogP contribution in [0.2, 0.25) is 10.0 Å². The van der Waals surface area contributed by atoms with E-state index in [2.05, 4.69) is 9.44 Å². The monoisotopic (exact) mass is 422 g/mol. The van der Waals surface area contributed by atoms with E-state index in [9.17, 15) is 16.8 Å². The fourth-order valence-corrected chi connectivity index (χ4v) is 4.84. The van der Waals surface area contributed by atoms with Crippen molar-refractivity contribution in [3.8, 4) is 0 Å². The summed E-state index contributed by atoms with van der Waals surface area (Å²) in [7, 11) is -7.51. The normalized spacial score (nSPS) is 12.1. The molecule has 2 aromatic rings. The second-order valence-electron chi connectivity index (χ2n) is 5.13. The first-order valence-electron chi connectivity index (χ1n) is 7.23. The zero-order valence-corrected chi connectivity index (χ0v) is 16.3. The first-order valence-corrected chi connectivity index (χ1v) is 10.9. The van der Waals surface area contributed by atoms with Gasteiger partial charge >= 0.3 is 0 Å². The molecule has 0 heterocycles. The van der Waals surface area contributed by atoms with Gasteiger partial charge in [0.05, 0.1) is 9.79 Å². The van der Waals surface area contributed by atoms with Crippen molar-refractivity contribution in [2.24, 2.45) is 0 Å². The minimum Gasteiger partial charge on any atom is -0.280 e. The lowest BCUT2D eigenvalue weighted by atomic mass is 10.3. The Hall–Kier alpha value is -1.32. The topological polar surface area (TPSA) is 92.3 Å². The number of anilines is 1. The molecule has 0 aliphatic rings. The van der Waals surface area contributed by atoms with Crippen LogP contribution in [0.1, 0.15) is 13.3 Å². The van der Waals surface area contributed by atoms with Crippen LogP contribution in [0.3, 0.4) is 0 Å². The molecule has 2 aromatic carbocycles. The third kappa shape index (κ3) is 5.32. The molecular weight excluding hydrogens is 407 g/mol. The maximum absolute atomic E-state index is 12.4. The second kappa shape index (κ2) is 7.92. The summed E-state index contributed by atoms with van der Waals surface area (Å²) in [6.07, 6.45) is 0.666. The zero-order chi connectivity index (χ0) is 18.7. The Morgan fingerprint density at radius 1 is 0.840 bits per heavy atom. The van der Waals surface area contributed by atoms with E-state index in [1.54, 1.807) is 0 Å². The number of rotatable bonds is 7. The molecule has 0 aliphatic heterocycles. The van der Waals surface area contributed by atoms with Crippen LogP contribution in [0.15, 0.2) is 52.3 Å². The second-order valence-corrected chi connectivity index (χ2v) is 9.46. The van der Waals surface area contributed by atoms with Crippen LogP contribution in [0, 0.1) is 0 Å². The Morgan fingerprint density at radius 2 is 1.40 bits per heavy atom. The van der Waals surface area contributed by atoms with E-state index in [0.29, 0.717) is 13.0 Å². The van der Waals surface area contributed by atoms with E-state index in [4.69, 9.17) is 23.2 Å². The van der Waals surface area contributed by atoms with Gasteiger partial charge in [-0.1, -0.05) is 30.1 Å². The average Bonchev–Trinajstić information content (AvgIpc) is 2.52. The summed E-state index contributed by atoms with van der Waals surface area (Å²) in [6, 6.07) is 9.33. The highest BCUT2D eigenvalue weighted by Crippen LogP contribution is 2.24. The Kier molecular flexibility index (Phi) is 6.34. The molecule has 0 spiro atoms. The highest BCUT2D eigenvalue weighted by atomic mass is 35.5. The molecule has 0 bridgehead atoms. The van der Waals surface area contributed by atoms with Gasteiger partial charge in [-0.3, -0.25) is 4.72 Å². The summed E-state index contributed by atoms with van der Waals surface area (Å²) in [5.41, 5.74) is 0.213. The Morgan fingerprint density at radius 3 is 1.92 bits per heavy atom. The van der Waals surface area contributed by atoms with Crippen molar-refractivity contribution < 1.29 is 16.8 Å².